The van der Waals surface area contributed by atoms with Gasteiger partial charge in [-0.2, -0.15) is 0 Å². The van der Waals surface area contributed by atoms with Gasteiger partial charge in [-0.3, -0.25) is 4.79 Å². The summed E-state index contributed by atoms with van der Waals surface area (Å²) in [5, 5.41) is 2.29. The molecular weight excluding hydrogens is 436 g/mol. The van der Waals surface area contributed by atoms with E-state index in [-0.39, 0.29) is 12.5 Å². The van der Waals surface area contributed by atoms with Gasteiger partial charge in [-0.05, 0) is 54.5 Å². The molecule has 33 heavy (non-hydrogen) atoms. The maximum Gasteiger partial charge on any atom is 0.248 e. The monoisotopic (exact) mass is 468 g/mol. The number of hydrogen-bond donors (Lipinski definition) is 2. The molecule has 3 atom stereocenters. The first-order chi connectivity index (χ1) is 15.7. The van der Waals surface area contributed by atoms with Gasteiger partial charge < -0.3 is 15.8 Å². The molecule has 1 aliphatic carbocycles. The molecule has 0 bridgehead atoms. The van der Waals surface area contributed by atoms with Crippen molar-refractivity contribution in [1.82, 2.24) is 0 Å². The number of benzene rings is 2. The number of hydrogen-bond acceptors (Lipinski definition) is 5. The van der Waals surface area contributed by atoms with Crippen LogP contribution in [0.1, 0.15) is 48.2 Å². The number of carbonyl (C=O) groups excluding carboxylic acids is 1. The number of nitrogens with two attached hydrogens (primary N) is 1. The molecule has 0 aromatic heterocycles. The van der Waals surface area contributed by atoms with Crippen LogP contribution < -0.4 is 15.8 Å². The molecule has 0 saturated heterocycles. The van der Waals surface area contributed by atoms with E-state index in [2.05, 4.69) is 18.0 Å². The van der Waals surface area contributed by atoms with E-state index >= 15 is 0 Å². The number of primary amides is 1. The van der Waals surface area contributed by atoms with Gasteiger partial charge in [-0.15, -0.1) is 6.58 Å². The third-order valence-electron chi connectivity index (χ3n) is 7.15. The Morgan fingerprint density at radius 1 is 1.30 bits per heavy atom. The van der Waals surface area contributed by atoms with Gasteiger partial charge in [0, 0.05) is 12.1 Å². The topological polar surface area (TPSA) is 98.5 Å². The summed E-state index contributed by atoms with van der Waals surface area (Å²) in [6, 6.07) is 13.1. The first-order valence-corrected chi connectivity index (χ1v) is 13.0. The second-order valence-electron chi connectivity index (χ2n) is 9.45. The third-order valence-corrected chi connectivity index (χ3v) is 10.2. The van der Waals surface area contributed by atoms with E-state index in [1.165, 1.54) is 0 Å². The summed E-state index contributed by atoms with van der Waals surface area (Å²) in [6.07, 6.45) is 3.37. The lowest BCUT2D eigenvalue weighted by atomic mass is 9.70. The molecule has 2 aliphatic rings. The van der Waals surface area contributed by atoms with Crippen molar-refractivity contribution in [3.63, 3.8) is 0 Å². The zero-order chi connectivity index (χ0) is 23.8. The molecule has 4 rings (SSSR count). The minimum atomic E-state index is -3.53. The zero-order valence-corrected chi connectivity index (χ0v) is 20.0. The Kier molecular flexibility index (Phi) is 6.27. The van der Waals surface area contributed by atoms with Gasteiger partial charge in [0.15, 0.2) is 9.84 Å². The first-order valence-electron chi connectivity index (χ1n) is 11.4. The number of nitrogens with one attached hydrogen (secondary N) is 1. The van der Waals surface area contributed by atoms with Crippen molar-refractivity contribution >= 4 is 21.4 Å². The Balaban J connectivity index is 1.83. The predicted molar refractivity (Wildman–Crippen MR) is 132 cm³/mol. The van der Waals surface area contributed by atoms with Crippen LogP contribution in [0.3, 0.4) is 0 Å². The number of aryl methyl sites for hydroxylation is 1. The van der Waals surface area contributed by atoms with Crippen LogP contribution in [-0.2, 0) is 21.7 Å². The Hall–Kier alpha value is -2.80. The highest BCUT2D eigenvalue weighted by Gasteiger charge is 2.53. The van der Waals surface area contributed by atoms with Crippen LogP contribution in [0.5, 0.6) is 5.75 Å². The fourth-order valence-electron chi connectivity index (χ4n) is 5.44. The van der Waals surface area contributed by atoms with E-state index in [1.807, 2.05) is 32.0 Å². The van der Waals surface area contributed by atoms with E-state index in [9.17, 15) is 13.2 Å². The highest BCUT2D eigenvalue weighted by molar-refractivity contribution is 7.92. The molecule has 2 unspecified atom stereocenters. The van der Waals surface area contributed by atoms with Gasteiger partial charge in [-0.25, -0.2) is 8.42 Å². The van der Waals surface area contributed by atoms with Crippen molar-refractivity contribution in [3.8, 4) is 5.75 Å². The Bertz CT molecular complexity index is 1170. The average Bonchev–Trinajstić information content (AvgIpc) is 2.97. The lowest BCUT2D eigenvalue weighted by molar-refractivity contribution is 0.1000. The molecule has 2 aromatic rings. The number of anilines is 1. The minimum absolute atomic E-state index is 0.0304. The number of rotatable bonds is 6. The standard InChI is InChI=1S/C26H32N2O4S/c1-4-7-23(17(2)3)33(30,31)24-13-11-18-8-5-6-9-20(18)26(24)15-28-21-14-19(25(27)29)10-12-22(21)32-16-26/h4-6,8-10,12,14,17,23-24,28H,1,7,11,13,15-16H2,2-3H3,(H2,27,29)/t23-,24?,26?/m0/s1. The number of fused-ring (bicyclic) bond motifs is 3. The summed E-state index contributed by atoms with van der Waals surface area (Å²) >= 11 is 0. The lowest BCUT2D eigenvalue weighted by Gasteiger charge is -2.45. The van der Waals surface area contributed by atoms with Gasteiger partial charge in [0.05, 0.1) is 21.6 Å². The normalized spacial score (nSPS) is 22.9. The number of allylic oxidation sites excluding steroid dienone is 1. The smallest absolute Gasteiger partial charge is 0.248 e. The van der Waals surface area contributed by atoms with Crippen molar-refractivity contribution < 1.29 is 17.9 Å². The highest BCUT2D eigenvalue weighted by Crippen LogP contribution is 2.46. The predicted octanol–water partition coefficient (Wildman–Crippen LogP) is 3.86. The number of sulfone groups is 1. The maximum atomic E-state index is 14.1. The van der Waals surface area contributed by atoms with Gasteiger partial charge in [0.1, 0.15) is 12.4 Å². The van der Waals surface area contributed by atoms with Crippen LogP contribution in [-0.4, -0.2) is 38.0 Å². The molecular formula is C26H32N2O4S. The molecule has 2 aromatic carbocycles. The van der Waals surface area contributed by atoms with E-state index in [1.54, 1.807) is 24.3 Å². The summed E-state index contributed by atoms with van der Waals surface area (Å²) in [5.41, 5.74) is 7.88. The van der Waals surface area contributed by atoms with Crippen molar-refractivity contribution in [2.24, 2.45) is 11.7 Å². The second kappa shape index (κ2) is 8.86. The molecule has 0 radical (unpaired) electrons. The largest absolute Gasteiger partial charge is 0.490 e. The fraction of sp³-hybridized carbons (Fsp3) is 0.423. The highest BCUT2D eigenvalue weighted by atomic mass is 32.2. The molecule has 0 saturated carbocycles. The lowest BCUT2D eigenvalue weighted by Crippen LogP contribution is -2.57. The average molecular weight is 469 g/mol. The van der Waals surface area contributed by atoms with Crippen LogP contribution >= 0.6 is 0 Å². The maximum absolute atomic E-state index is 14.1. The fourth-order valence-corrected chi connectivity index (χ4v) is 8.38. The first kappa shape index (κ1) is 23.4. The number of carbonyl (C=O) groups is 1. The molecule has 7 heteroatoms. The molecule has 176 valence electrons. The van der Waals surface area contributed by atoms with E-state index < -0.39 is 31.7 Å². The van der Waals surface area contributed by atoms with Crippen LogP contribution in [0.4, 0.5) is 5.69 Å². The van der Waals surface area contributed by atoms with Gasteiger partial charge >= 0.3 is 0 Å². The van der Waals surface area contributed by atoms with Crippen molar-refractivity contribution in [1.29, 1.82) is 0 Å². The molecule has 1 heterocycles. The SMILES string of the molecule is C=CC[C@@H](C(C)C)S(=O)(=O)C1CCc2ccccc2C12CNc1cc(C(N)=O)ccc1OC2. The zero-order valence-electron chi connectivity index (χ0n) is 19.2. The summed E-state index contributed by atoms with van der Waals surface area (Å²) in [5.74, 6) is 0.0333. The molecule has 6 nitrogen and oxygen atoms in total. The van der Waals surface area contributed by atoms with Gasteiger partial charge in [0.25, 0.3) is 0 Å². The van der Waals surface area contributed by atoms with Crippen LogP contribution in [0, 0.1) is 5.92 Å². The molecule has 3 N–H and O–H groups in total. The van der Waals surface area contributed by atoms with Crippen LogP contribution in [0.15, 0.2) is 55.1 Å². The van der Waals surface area contributed by atoms with Crippen molar-refractivity contribution in [2.45, 2.75) is 49.0 Å². The van der Waals surface area contributed by atoms with Crippen molar-refractivity contribution in [2.75, 3.05) is 18.5 Å². The second-order valence-corrected chi connectivity index (χ2v) is 11.8. The van der Waals surface area contributed by atoms with Gasteiger partial charge in [0.2, 0.25) is 5.91 Å². The van der Waals surface area contributed by atoms with Crippen molar-refractivity contribution in [3.05, 3.63) is 71.8 Å². The summed E-state index contributed by atoms with van der Waals surface area (Å²) in [6.45, 7) is 8.32. The number of ether oxygens (including phenoxy) is 1. The summed E-state index contributed by atoms with van der Waals surface area (Å²) in [4.78, 5) is 11.7. The summed E-state index contributed by atoms with van der Waals surface area (Å²) in [7, 11) is -3.53. The minimum Gasteiger partial charge on any atom is -0.490 e. The Labute approximate surface area is 196 Å². The Morgan fingerprint density at radius 3 is 2.76 bits per heavy atom. The molecule has 0 fully saturated rings. The quantitative estimate of drug-likeness (QED) is 0.628. The molecule has 1 amide bonds. The molecule has 1 spiro atoms. The van der Waals surface area contributed by atoms with Crippen LogP contribution in [0.2, 0.25) is 0 Å². The van der Waals surface area contributed by atoms with E-state index in [0.717, 1.165) is 11.1 Å². The Morgan fingerprint density at radius 2 is 2.06 bits per heavy atom. The van der Waals surface area contributed by atoms with Crippen LogP contribution in [0.25, 0.3) is 0 Å². The summed E-state index contributed by atoms with van der Waals surface area (Å²) < 4.78 is 34.5. The van der Waals surface area contributed by atoms with E-state index in [0.29, 0.717) is 42.8 Å². The van der Waals surface area contributed by atoms with E-state index in [4.69, 9.17) is 10.5 Å². The third kappa shape index (κ3) is 4.03. The van der Waals surface area contributed by atoms with Gasteiger partial charge in [-0.1, -0.05) is 44.2 Å². The number of amides is 1. The molecule has 1 aliphatic heterocycles.